The highest BCUT2D eigenvalue weighted by atomic mass is 127. The summed E-state index contributed by atoms with van der Waals surface area (Å²) in [4.78, 5) is 18.8. The standard InChI is InChI=1S/C20H31BrN4O2.HI/c1-5-22-20(23-13-15-12-16(21)6-7-18(15)27-4)24-17-8-10-25(11-9-17)19(26)14(2)3;/h6-7,12,14,17H,5,8-11,13H2,1-4H3,(H2,22,23,24);1H. The van der Waals surface area contributed by atoms with Gasteiger partial charge in [0, 0.05) is 41.6 Å². The maximum absolute atomic E-state index is 12.1. The second kappa shape index (κ2) is 12.5. The van der Waals surface area contributed by atoms with Crippen molar-refractivity contribution in [2.75, 3.05) is 26.7 Å². The third-order valence-corrected chi connectivity index (χ3v) is 5.13. The number of ether oxygens (including phenoxy) is 1. The molecular formula is C20H32BrIN4O2. The van der Waals surface area contributed by atoms with Gasteiger partial charge in [-0.2, -0.15) is 0 Å². The van der Waals surface area contributed by atoms with Crippen molar-refractivity contribution in [3.8, 4) is 5.75 Å². The van der Waals surface area contributed by atoms with E-state index in [1.807, 2.05) is 36.9 Å². The molecular weight excluding hydrogens is 535 g/mol. The van der Waals surface area contributed by atoms with Gasteiger partial charge in [0.15, 0.2) is 5.96 Å². The van der Waals surface area contributed by atoms with E-state index in [2.05, 4.69) is 33.5 Å². The van der Waals surface area contributed by atoms with Gasteiger partial charge in [-0.1, -0.05) is 29.8 Å². The molecule has 1 aromatic rings. The Hall–Kier alpha value is -1.03. The van der Waals surface area contributed by atoms with Crippen molar-refractivity contribution in [2.45, 2.75) is 46.2 Å². The molecule has 0 spiro atoms. The van der Waals surface area contributed by atoms with E-state index in [0.717, 1.165) is 54.2 Å². The van der Waals surface area contributed by atoms with E-state index in [4.69, 9.17) is 9.73 Å². The summed E-state index contributed by atoms with van der Waals surface area (Å²) in [6.45, 7) is 8.90. The maximum atomic E-state index is 12.1. The minimum Gasteiger partial charge on any atom is -0.496 e. The fourth-order valence-corrected chi connectivity index (χ4v) is 3.57. The van der Waals surface area contributed by atoms with Crippen LogP contribution in [-0.2, 0) is 11.3 Å². The lowest BCUT2D eigenvalue weighted by Gasteiger charge is -2.34. The summed E-state index contributed by atoms with van der Waals surface area (Å²) in [5.74, 6) is 1.94. The molecule has 1 amide bonds. The quantitative estimate of drug-likeness (QED) is 0.312. The number of amides is 1. The van der Waals surface area contributed by atoms with Crippen LogP contribution in [0.15, 0.2) is 27.7 Å². The van der Waals surface area contributed by atoms with Crippen LogP contribution in [0.1, 0.15) is 39.2 Å². The Morgan fingerprint density at radius 3 is 2.61 bits per heavy atom. The van der Waals surface area contributed by atoms with Gasteiger partial charge in [-0.25, -0.2) is 4.99 Å². The van der Waals surface area contributed by atoms with Crippen molar-refractivity contribution in [1.29, 1.82) is 0 Å². The zero-order chi connectivity index (χ0) is 19.8. The van der Waals surface area contributed by atoms with Crippen LogP contribution >= 0.6 is 39.9 Å². The number of rotatable bonds is 6. The van der Waals surface area contributed by atoms with Crippen molar-refractivity contribution in [3.05, 3.63) is 28.2 Å². The normalized spacial score (nSPS) is 15.2. The van der Waals surface area contributed by atoms with Gasteiger partial charge in [0.05, 0.1) is 13.7 Å². The van der Waals surface area contributed by atoms with Gasteiger partial charge in [0.1, 0.15) is 5.75 Å². The van der Waals surface area contributed by atoms with Crippen LogP contribution in [-0.4, -0.2) is 49.6 Å². The lowest BCUT2D eigenvalue weighted by Crippen LogP contribution is -2.50. The van der Waals surface area contributed by atoms with E-state index >= 15 is 0 Å². The Morgan fingerprint density at radius 1 is 1.36 bits per heavy atom. The average Bonchev–Trinajstić information content (AvgIpc) is 2.66. The highest BCUT2D eigenvalue weighted by molar-refractivity contribution is 14.0. The molecule has 0 bridgehead atoms. The lowest BCUT2D eigenvalue weighted by atomic mass is 10.0. The number of halogens is 2. The van der Waals surface area contributed by atoms with Gasteiger partial charge in [-0.05, 0) is 38.0 Å². The number of carbonyl (C=O) groups is 1. The van der Waals surface area contributed by atoms with Gasteiger partial charge in [-0.3, -0.25) is 4.79 Å². The predicted octanol–water partition coefficient (Wildman–Crippen LogP) is 3.78. The van der Waals surface area contributed by atoms with Crippen LogP contribution in [0.2, 0.25) is 0 Å². The molecule has 0 aromatic heterocycles. The highest BCUT2D eigenvalue weighted by Crippen LogP contribution is 2.23. The Morgan fingerprint density at radius 2 is 2.04 bits per heavy atom. The number of likely N-dealkylation sites (tertiary alicyclic amines) is 1. The van der Waals surface area contributed by atoms with E-state index in [0.29, 0.717) is 12.6 Å². The molecule has 28 heavy (non-hydrogen) atoms. The Bertz CT molecular complexity index is 662. The number of guanidine groups is 1. The SMILES string of the molecule is CCNC(=NCc1cc(Br)ccc1OC)NC1CCN(C(=O)C(C)C)CC1.I. The molecule has 8 heteroatoms. The van der Waals surface area contributed by atoms with Crippen LogP contribution in [0.5, 0.6) is 5.75 Å². The van der Waals surface area contributed by atoms with E-state index in [1.54, 1.807) is 7.11 Å². The number of aliphatic imine (C=N–C) groups is 1. The molecule has 0 radical (unpaired) electrons. The third kappa shape index (κ3) is 7.42. The van der Waals surface area contributed by atoms with Gasteiger partial charge in [0.25, 0.3) is 0 Å². The highest BCUT2D eigenvalue weighted by Gasteiger charge is 2.24. The zero-order valence-corrected chi connectivity index (χ0v) is 21.0. The minimum atomic E-state index is 0. The van der Waals surface area contributed by atoms with E-state index < -0.39 is 0 Å². The molecule has 1 aromatic carbocycles. The van der Waals surface area contributed by atoms with Crippen LogP contribution in [0.25, 0.3) is 0 Å². The van der Waals surface area contributed by atoms with Crippen molar-refractivity contribution < 1.29 is 9.53 Å². The number of piperidine rings is 1. The number of hydrogen-bond donors (Lipinski definition) is 2. The number of methoxy groups -OCH3 is 1. The van der Waals surface area contributed by atoms with Crippen molar-refractivity contribution in [3.63, 3.8) is 0 Å². The monoisotopic (exact) mass is 566 g/mol. The fraction of sp³-hybridized carbons (Fsp3) is 0.600. The van der Waals surface area contributed by atoms with Crippen molar-refractivity contribution in [2.24, 2.45) is 10.9 Å². The number of benzene rings is 1. The molecule has 2 N–H and O–H groups in total. The molecule has 6 nitrogen and oxygen atoms in total. The van der Waals surface area contributed by atoms with Gasteiger partial charge in [-0.15, -0.1) is 24.0 Å². The predicted molar refractivity (Wildman–Crippen MR) is 129 cm³/mol. The second-order valence-corrected chi connectivity index (χ2v) is 7.97. The average molecular weight is 567 g/mol. The summed E-state index contributed by atoms with van der Waals surface area (Å²) in [6, 6.07) is 6.25. The van der Waals surface area contributed by atoms with E-state index in [9.17, 15) is 4.79 Å². The fourth-order valence-electron chi connectivity index (χ4n) is 3.16. The summed E-state index contributed by atoms with van der Waals surface area (Å²) < 4.78 is 6.44. The summed E-state index contributed by atoms with van der Waals surface area (Å²) in [7, 11) is 1.67. The first-order chi connectivity index (χ1) is 12.9. The third-order valence-electron chi connectivity index (χ3n) is 4.64. The molecule has 158 valence electrons. The first-order valence-electron chi connectivity index (χ1n) is 9.60. The second-order valence-electron chi connectivity index (χ2n) is 7.05. The van der Waals surface area contributed by atoms with Crippen molar-refractivity contribution >= 4 is 51.8 Å². The Balaban J connectivity index is 0.00000392. The summed E-state index contributed by atoms with van der Waals surface area (Å²) >= 11 is 3.50. The number of hydrogen-bond acceptors (Lipinski definition) is 3. The molecule has 0 saturated carbocycles. The maximum Gasteiger partial charge on any atom is 0.225 e. The van der Waals surface area contributed by atoms with Gasteiger partial charge < -0.3 is 20.3 Å². The lowest BCUT2D eigenvalue weighted by molar-refractivity contribution is -0.135. The first-order valence-corrected chi connectivity index (χ1v) is 10.4. The van der Waals surface area contributed by atoms with Gasteiger partial charge in [0.2, 0.25) is 5.91 Å². The molecule has 2 rings (SSSR count). The number of nitrogens with one attached hydrogen (secondary N) is 2. The largest absolute Gasteiger partial charge is 0.496 e. The Labute approximate surface area is 194 Å². The van der Waals surface area contributed by atoms with Crippen LogP contribution in [0.3, 0.4) is 0 Å². The Kier molecular flexibility index (Phi) is 11.2. The number of nitrogens with zero attached hydrogens (tertiary/aromatic N) is 2. The smallest absolute Gasteiger partial charge is 0.225 e. The first kappa shape index (κ1) is 25.0. The van der Waals surface area contributed by atoms with Crippen molar-refractivity contribution in [1.82, 2.24) is 15.5 Å². The summed E-state index contributed by atoms with van der Waals surface area (Å²) in [5.41, 5.74) is 1.03. The van der Waals surface area contributed by atoms with Crippen LogP contribution in [0.4, 0.5) is 0 Å². The van der Waals surface area contributed by atoms with E-state index in [1.165, 1.54) is 0 Å². The molecule has 1 aliphatic rings. The minimum absolute atomic E-state index is 0. The molecule has 0 atom stereocenters. The topological polar surface area (TPSA) is 66.0 Å². The zero-order valence-electron chi connectivity index (χ0n) is 17.1. The van der Waals surface area contributed by atoms with E-state index in [-0.39, 0.29) is 35.8 Å². The number of carbonyl (C=O) groups excluding carboxylic acids is 1. The van der Waals surface area contributed by atoms with Gasteiger partial charge >= 0.3 is 0 Å². The molecule has 0 aliphatic carbocycles. The summed E-state index contributed by atoms with van der Waals surface area (Å²) in [6.07, 6.45) is 1.87. The van der Waals surface area contributed by atoms with Crippen LogP contribution < -0.4 is 15.4 Å². The molecule has 1 heterocycles. The molecule has 1 fully saturated rings. The molecule has 0 unspecified atom stereocenters. The van der Waals surface area contributed by atoms with Crippen LogP contribution in [0, 0.1) is 5.92 Å². The summed E-state index contributed by atoms with van der Waals surface area (Å²) in [5, 5.41) is 6.83. The molecule has 1 saturated heterocycles. The molecule has 1 aliphatic heterocycles.